The molecule has 1 unspecified atom stereocenters. The van der Waals surface area contributed by atoms with Crippen LogP contribution in [0, 0.1) is 15.3 Å². The molecule has 0 aromatic heterocycles. The van der Waals surface area contributed by atoms with Crippen LogP contribution in [-0.2, 0) is 0 Å². The molecule has 0 amide bonds. The van der Waals surface area contributed by atoms with Crippen molar-refractivity contribution in [3.05, 3.63) is 74.7 Å². The number of nitrogens with zero attached hydrogens (tertiary/aromatic N) is 4. The van der Waals surface area contributed by atoms with Crippen molar-refractivity contribution in [2.45, 2.75) is 6.10 Å². The van der Waals surface area contributed by atoms with E-state index in [1.54, 1.807) is 0 Å². The topological polar surface area (TPSA) is 234 Å². The van der Waals surface area contributed by atoms with E-state index in [2.05, 4.69) is 20.8 Å². The number of nitro benzene ring substituents is 1. The van der Waals surface area contributed by atoms with Gasteiger partial charge in [-0.05, 0) is 23.8 Å². The predicted octanol–water partition coefficient (Wildman–Crippen LogP) is -0.173. The van der Waals surface area contributed by atoms with Crippen molar-refractivity contribution in [3.8, 4) is 0 Å². The average molecular weight is 428 g/mol. The van der Waals surface area contributed by atoms with E-state index in [0.717, 1.165) is 6.07 Å². The average Bonchev–Trinajstić information content (AvgIpc) is 2.73. The number of aliphatic hydroxyl groups excluding tert-OH is 1. The van der Waals surface area contributed by atoms with E-state index in [1.807, 2.05) is 0 Å². The van der Waals surface area contributed by atoms with Gasteiger partial charge in [0.05, 0.1) is 33.4 Å². The van der Waals surface area contributed by atoms with Gasteiger partial charge in [-0.25, -0.2) is 0 Å². The number of hydrogen-bond donors (Lipinski definition) is 6. The molecule has 14 nitrogen and oxygen atoms in total. The number of non-ortho nitro benzene ring substituents is 1. The van der Waals surface area contributed by atoms with Crippen LogP contribution < -0.4 is 32.5 Å². The second-order valence-electron chi connectivity index (χ2n) is 6.20. The highest BCUT2D eigenvalue weighted by Gasteiger charge is 2.23. The van der Waals surface area contributed by atoms with Crippen molar-refractivity contribution >= 4 is 34.6 Å². The van der Waals surface area contributed by atoms with Crippen molar-refractivity contribution in [3.63, 3.8) is 0 Å². The lowest BCUT2D eigenvalue weighted by atomic mass is 10.0. The number of fused-ring (bicyclic) bond motifs is 1. The maximum atomic E-state index is 12.6. The highest BCUT2D eigenvalue weighted by molar-refractivity contribution is 6.00. The number of nitrogens with one attached hydrogen (secondary N) is 2. The number of rotatable bonds is 6. The minimum Gasteiger partial charge on any atom is -0.857 e. The first-order valence-corrected chi connectivity index (χ1v) is 8.52. The van der Waals surface area contributed by atoms with E-state index in [0.29, 0.717) is 0 Å². The summed E-state index contributed by atoms with van der Waals surface area (Å²) in [6, 6.07) is 8.84. The van der Waals surface area contributed by atoms with Crippen LogP contribution in [0.2, 0.25) is 0 Å². The van der Waals surface area contributed by atoms with Gasteiger partial charge >= 0.3 is 0 Å². The molecular formula is C17H16N8O6-2. The summed E-state index contributed by atoms with van der Waals surface area (Å²) >= 11 is 0. The molecule has 0 fully saturated rings. The van der Waals surface area contributed by atoms with E-state index in [-0.39, 0.29) is 50.9 Å². The second kappa shape index (κ2) is 8.54. The van der Waals surface area contributed by atoms with Crippen LogP contribution in [0.15, 0.2) is 64.0 Å². The van der Waals surface area contributed by atoms with E-state index >= 15 is 0 Å². The largest absolute Gasteiger partial charge is 0.857 e. The molecule has 1 aliphatic rings. The molecule has 8 N–H and O–H groups in total. The standard InChI is InChI=1S/C17H17N8O6/c18-17(19)23-22-13(15(26)8-1-3-9(4-2-8)24(28)29)14-16(27)21-12-7-10(25(30)31)5-6-11(12)20-14/h1-7,15,20,22,26,28H,(H,21,27)(H4,18,19,23)/q-1/p-1. The minimum atomic E-state index is -1.49. The van der Waals surface area contributed by atoms with Gasteiger partial charge < -0.3 is 37.4 Å². The van der Waals surface area contributed by atoms with Crippen molar-refractivity contribution in [2.24, 2.45) is 21.6 Å². The number of aliphatic imine (C=N–C) groups is 1. The molecule has 0 aliphatic carbocycles. The second-order valence-corrected chi connectivity index (χ2v) is 6.20. The van der Waals surface area contributed by atoms with Gasteiger partial charge in [0.1, 0.15) is 6.10 Å². The van der Waals surface area contributed by atoms with Gasteiger partial charge in [0.25, 0.3) is 5.69 Å². The van der Waals surface area contributed by atoms with E-state index in [1.165, 1.54) is 36.4 Å². The molecule has 14 heteroatoms. The highest BCUT2D eigenvalue weighted by Crippen LogP contribution is 2.35. The Kier molecular flexibility index (Phi) is 5.87. The molecule has 1 atom stereocenters. The Morgan fingerprint density at radius 2 is 1.94 bits per heavy atom. The fourth-order valence-corrected chi connectivity index (χ4v) is 2.70. The monoisotopic (exact) mass is 428 g/mol. The van der Waals surface area contributed by atoms with E-state index in [9.17, 15) is 25.5 Å². The molecule has 0 bridgehead atoms. The molecular weight excluding hydrogens is 412 g/mol. The van der Waals surface area contributed by atoms with Crippen LogP contribution in [0.4, 0.5) is 22.7 Å². The summed E-state index contributed by atoms with van der Waals surface area (Å²) < 4.78 is 0. The van der Waals surface area contributed by atoms with Crippen LogP contribution in [0.25, 0.3) is 0 Å². The summed E-state index contributed by atoms with van der Waals surface area (Å²) in [7, 11) is 0. The number of hydrazone groups is 1. The highest BCUT2D eigenvalue weighted by atomic mass is 16.8. The third kappa shape index (κ3) is 4.61. The number of anilines is 2. The van der Waals surface area contributed by atoms with Gasteiger partial charge in [-0.1, -0.05) is 12.1 Å². The Balaban J connectivity index is 2.05. The van der Waals surface area contributed by atoms with Gasteiger partial charge in [-0.2, -0.15) is 0 Å². The Morgan fingerprint density at radius 3 is 2.52 bits per heavy atom. The van der Waals surface area contributed by atoms with Crippen LogP contribution >= 0.6 is 0 Å². The van der Waals surface area contributed by atoms with Gasteiger partial charge in [0.15, 0.2) is 0 Å². The van der Waals surface area contributed by atoms with Crippen molar-refractivity contribution < 1.29 is 20.3 Å². The van der Waals surface area contributed by atoms with Crippen molar-refractivity contribution in [1.82, 2.24) is 5.43 Å². The number of nitrogens with two attached hydrogens (primary N) is 2. The first-order chi connectivity index (χ1) is 14.7. The number of guanidine groups is 1. The first-order valence-electron chi connectivity index (χ1n) is 8.52. The Labute approximate surface area is 174 Å². The molecule has 1 aliphatic heterocycles. The lowest BCUT2D eigenvalue weighted by Crippen LogP contribution is -2.34. The maximum absolute atomic E-state index is 12.6. The number of benzene rings is 2. The fourth-order valence-electron chi connectivity index (χ4n) is 2.70. The zero-order chi connectivity index (χ0) is 22.7. The van der Waals surface area contributed by atoms with Gasteiger partial charge in [0, 0.05) is 18.0 Å². The summed E-state index contributed by atoms with van der Waals surface area (Å²) in [6.07, 6.45) is -1.49. The fraction of sp³-hybridized carbons (Fsp3) is 0.0588. The van der Waals surface area contributed by atoms with Crippen LogP contribution in [0.1, 0.15) is 11.7 Å². The van der Waals surface area contributed by atoms with Crippen LogP contribution in [0.5, 0.6) is 0 Å². The lowest BCUT2D eigenvalue weighted by Gasteiger charge is -2.28. The SMILES string of the molecule is NC(N)=NNC(=C1Nc2ccc([N+](=O)[O-])cc2N=C1[O-])C(O)c1ccc(N([O-])O)cc1. The Bertz CT molecular complexity index is 1090. The molecule has 0 radical (unpaired) electrons. The zero-order valence-electron chi connectivity index (χ0n) is 15.6. The maximum Gasteiger partial charge on any atom is 0.271 e. The van der Waals surface area contributed by atoms with E-state index < -0.39 is 16.9 Å². The Morgan fingerprint density at radius 1 is 1.26 bits per heavy atom. The van der Waals surface area contributed by atoms with Gasteiger partial charge in [-0.15, -0.1) is 5.10 Å². The zero-order valence-corrected chi connectivity index (χ0v) is 15.6. The Hall–Kier alpha value is -4.40. The van der Waals surface area contributed by atoms with Crippen LogP contribution in [-0.4, -0.2) is 27.1 Å². The molecule has 2 aromatic carbocycles. The third-order valence-electron chi connectivity index (χ3n) is 4.17. The molecule has 162 valence electrons. The first kappa shape index (κ1) is 21.3. The minimum absolute atomic E-state index is 0.0430. The number of hydrogen-bond acceptors (Lipinski definition) is 11. The molecule has 3 rings (SSSR count). The smallest absolute Gasteiger partial charge is 0.271 e. The van der Waals surface area contributed by atoms with E-state index in [4.69, 9.17) is 16.7 Å². The molecule has 0 saturated carbocycles. The quantitative estimate of drug-likeness (QED) is 0.153. The predicted molar refractivity (Wildman–Crippen MR) is 109 cm³/mol. The van der Waals surface area contributed by atoms with Gasteiger partial charge in [-0.3, -0.25) is 25.7 Å². The molecule has 1 heterocycles. The van der Waals surface area contributed by atoms with Crippen molar-refractivity contribution in [1.29, 1.82) is 0 Å². The molecule has 0 saturated heterocycles. The molecule has 2 aromatic rings. The summed E-state index contributed by atoms with van der Waals surface area (Å²) in [6.45, 7) is 0. The third-order valence-corrected chi connectivity index (χ3v) is 4.17. The summed E-state index contributed by atoms with van der Waals surface area (Å²) in [5.74, 6) is -1.24. The lowest BCUT2D eigenvalue weighted by molar-refractivity contribution is -0.384. The normalized spacial score (nSPS) is 15.0. The summed E-state index contributed by atoms with van der Waals surface area (Å²) in [4.78, 5) is 14.1. The number of aliphatic hydroxyl groups is 1. The molecule has 31 heavy (non-hydrogen) atoms. The van der Waals surface area contributed by atoms with Gasteiger partial charge in [0.2, 0.25) is 5.96 Å². The summed E-state index contributed by atoms with van der Waals surface area (Å²) in [5, 5.41) is 60.2. The number of nitro groups is 1. The van der Waals surface area contributed by atoms with Crippen molar-refractivity contribution in [2.75, 3.05) is 10.5 Å². The molecule has 0 spiro atoms. The summed E-state index contributed by atoms with van der Waals surface area (Å²) in [5.41, 5.74) is 12.9. The van der Waals surface area contributed by atoms with Crippen LogP contribution in [0.3, 0.4) is 0 Å².